The van der Waals surface area contributed by atoms with Crippen LogP contribution in [-0.4, -0.2) is 50.4 Å². The van der Waals surface area contributed by atoms with Crippen molar-refractivity contribution in [1.82, 2.24) is 4.31 Å². The molecule has 0 saturated heterocycles. The fraction of sp³-hybridized carbons (Fsp3) is 0.364. The Bertz CT molecular complexity index is 999. The summed E-state index contributed by atoms with van der Waals surface area (Å²) < 4.78 is 37.1. The molecule has 0 spiro atoms. The van der Waals surface area contributed by atoms with Gasteiger partial charge in [-0.25, -0.2) is 13.2 Å². The van der Waals surface area contributed by atoms with E-state index in [4.69, 9.17) is 9.47 Å². The van der Waals surface area contributed by atoms with E-state index < -0.39 is 28.5 Å². The summed E-state index contributed by atoms with van der Waals surface area (Å²) in [4.78, 5) is 24.4. The number of nitrogens with zero attached hydrogens (tertiary/aromatic N) is 1. The van der Waals surface area contributed by atoms with E-state index in [0.29, 0.717) is 24.5 Å². The molecule has 0 saturated carbocycles. The van der Waals surface area contributed by atoms with Crippen LogP contribution in [0.5, 0.6) is 5.75 Å². The molecule has 0 unspecified atom stereocenters. The molecule has 0 bridgehead atoms. The quantitative estimate of drug-likeness (QED) is 0.560. The second kappa shape index (κ2) is 10.9. The Morgan fingerprint density at radius 3 is 2.26 bits per heavy atom. The van der Waals surface area contributed by atoms with Crippen LogP contribution in [0.15, 0.2) is 53.4 Å². The molecule has 1 N–H and O–H groups in total. The molecular weight excluding hydrogens is 420 g/mol. The Balaban J connectivity index is 1.96. The number of hydrogen-bond acceptors (Lipinski definition) is 6. The average molecular weight is 449 g/mol. The Morgan fingerprint density at radius 2 is 1.68 bits per heavy atom. The third-order valence-electron chi connectivity index (χ3n) is 4.26. The van der Waals surface area contributed by atoms with Gasteiger partial charge in [-0.3, -0.25) is 4.79 Å². The lowest BCUT2D eigenvalue weighted by Gasteiger charge is -2.18. The van der Waals surface area contributed by atoms with Gasteiger partial charge in [-0.15, -0.1) is 0 Å². The van der Waals surface area contributed by atoms with Gasteiger partial charge in [0.05, 0.1) is 16.6 Å². The van der Waals surface area contributed by atoms with E-state index in [0.717, 1.165) is 0 Å². The van der Waals surface area contributed by atoms with Crippen LogP contribution in [0.2, 0.25) is 0 Å². The first-order valence-corrected chi connectivity index (χ1v) is 11.4. The van der Waals surface area contributed by atoms with E-state index in [9.17, 15) is 18.0 Å². The number of carbonyl (C=O) groups excluding carboxylic acids is 2. The van der Waals surface area contributed by atoms with Gasteiger partial charge in [-0.05, 0) is 56.3 Å². The highest BCUT2D eigenvalue weighted by molar-refractivity contribution is 7.89. The molecule has 31 heavy (non-hydrogen) atoms. The van der Waals surface area contributed by atoms with Crippen molar-refractivity contribution < 1.29 is 27.5 Å². The summed E-state index contributed by atoms with van der Waals surface area (Å²) in [5.74, 6) is -0.599. The summed E-state index contributed by atoms with van der Waals surface area (Å²) >= 11 is 0. The van der Waals surface area contributed by atoms with E-state index >= 15 is 0 Å². The summed E-state index contributed by atoms with van der Waals surface area (Å²) in [6, 6.07) is 12.4. The molecular formula is C22H28N2O6S. The maximum Gasteiger partial charge on any atom is 0.338 e. The lowest BCUT2D eigenvalue weighted by molar-refractivity contribution is -0.119. The molecule has 2 aromatic rings. The van der Waals surface area contributed by atoms with Gasteiger partial charge >= 0.3 is 5.97 Å². The highest BCUT2D eigenvalue weighted by Crippen LogP contribution is 2.19. The zero-order valence-electron chi connectivity index (χ0n) is 18.1. The maximum atomic E-state index is 12.6. The van der Waals surface area contributed by atoms with Gasteiger partial charge in [0.1, 0.15) is 5.75 Å². The predicted molar refractivity (Wildman–Crippen MR) is 118 cm³/mol. The number of rotatable bonds is 10. The highest BCUT2D eigenvalue weighted by atomic mass is 32.2. The molecule has 2 rings (SSSR count). The van der Waals surface area contributed by atoms with Crippen molar-refractivity contribution in [2.45, 2.75) is 38.7 Å². The summed E-state index contributed by atoms with van der Waals surface area (Å²) in [6.07, 6.45) is 0.0157. The normalized spacial score (nSPS) is 11.4. The van der Waals surface area contributed by atoms with E-state index in [1.54, 1.807) is 50.2 Å². The number of nitrogens with one attached hydrogen (secondary N) is 1. The van der Waals surface area contributed by atoms with Crippen molar-refractivity contribution in [2.24, 2.45) is 0 Å². The van der Waals surface area contributed by atoms with Crippen LogP contribution >= 0.6 is 0 Å². The fourth-order valence-electron chi connectivity index (χ4n) is 2.80. The van der Waals surface area contributed by atoms with Crippen LogP contribution < -0.4 is 10.1 Å². The number of amides is 1. The Kier molecular flexibility index (Phi) is 8.58. The van der Waals surface area contributed by atoms with Gasteiger partial charge in [0, 0.05) is 18.8 Å². The predicted octanol–water partition coefficient (Wildman–Crippen LogP) is 3.30. The van der Waals surface area contributed by atoms with Crippen molar-refractivity contribution >= 4 is 27.6 Å². The van der Waals surface area contributed by atoms with Crippen LogP contribution in [-0.2, 0) is 19.6 Å². The largest absolute Gasteiger partial charge is 0.491 e. The van der Waals surface area contributed by atoms with E-state index in [2.05, 4.69) is 5.32 Å². The Morgan fingerprint density at radius 1 is 1.03 bits per heavy atom. The molecule has 0 aliphatic heterocycles. The van der Waals surface area contributed by atoms with Crippen LogP contribution in [0.25, 0.3) is 0 Å². The molecule has 1 amide bonds. The van der Waals surface area contributed by atoms with Crippen LogP contribution in [0.4, 0.5) is 5.69 Å². The first-order valence-electron chi connectivity index (χ1n) is 10.0. The maximum absolute atomic E-state index is 12.6. The molecule has 0 radical (unpaired) electrons. The number of carbonyl (C=O) groups is 2. The van der Waals surface area contributed by atoms with Crippen molar-refractivity contribution in [3.63, 3.8) is 0 Å². The standard InChI is InChI=1S/C22H28N2O6S/c1-5-24(6-2)31(27,28)20-9-7-8-18(14-20)23-21(25)15-29-22(26)17-10-12-19(13-11-17)30-16(3)4/h7-14,16H,5-6,15H2,1-4H3,(H,23,25). The van der Waals surface area contributed by atoms with E-state index in [1.807, 2.05) is 13.8 Å². The van der Waals surface area contributed by atoms with Crippen LogP contribution in [0.1, 0.15) is 38.1 Å². The molecule has 0 atom stereocenters. The fourth-order valence-corrected chi connectivity index (χ4v) is 4.30. The number of sulfonamides is 1. The van der Waals surface area contributed by atoms with Gasteiger partial charge in [0.15, 0.2) is 6.61 Å². The van der Waals surface area contributed by atoms with Gasteiger partial charge in [-0.2, -0.15) is 4.31 Å². The van der Waals surface area contributed by atoms with Gasteiger partial charge in [0.2, 0.25) is 10.0 Å². The average Bonchev–Trinajstić information content (AvgIpc) is 2.73. The second-order valence-corrected chi connectivity index (χ2v) is 8.87. The summed E-state index contributed by atoms with van der Waals surface area (Å²) in [6.45, 7) is 7.49. The summed E-state index contributed by atoms with van der Waals surface area (Å²) in [5.41, 5.74) is 0.584. The molecule has 0 heterocycles. The van der Waals surface area contributed by atoms with E-state index in [-0.39, 0.29) is 16.6 Å². The number of esters is 1. The van der Waals surface area contributed by atoms with Crippen LogP contribution in [0, 0.1) is 0 Å². The van der Waals surface area contributed by atoms with Crippen LogP contribution in [0.3, 0.4) is 0 Å². The lowest BCUT2D eigenvalue weighted by atomic mass is 10.2. The summed E-state index contributed by atoms with van der Waals surface area (Å²) in [7, 11) is -3.65. The van der Waals surface area contributed by atoms with Gasteiger partial charge in [0.25, 0.3) is 5.91 Å². The minimum Gasteiger partial charge on any atom is -0.491 e. The topological polar surface area (TPSA) is 102 Å². The van der Waals surface area contributed by atoms with Crippen molar-refractivity contribution in [3.05, 3.63) is 54.1 Å². The molecule has 8 nitrogen and oxygen atoms in total. The zero-order chi connectivity index (χ0) is 23.0. The van der Waals surface area contributed by atoms with Gasteiger partial charge < -0.3 is 14.8 Å². The number of hydrogen-bond donors (Lipinski definition) is 1. The van der Waals surface area contributed by atoms with Crippen molar-refractivity contribution in [2.75, 3.05) is 25.0 Å². The molecule has 168 valence electrons. The number of ether oxygens (including phenoxy) is 2. The molecule has 0 aromatic heterocycles. The third kappa shape index (κ3) is 6.80. The number of benzene rings is 2. The van der Waals surface area contributed by atoms with E-state index in [1.165, 1.54) is 16.4 Å². The first-order chi connectivity index (χ1) is 14.7. The first kappa shape index (κ1) is 24.4. The third-order valence-corrected chi connectivity index (χ3v) is 6.30. The molecule has 9 heteroatoms. The lowest BCUT2D eigenvalue weighted by Crippen LogP contribution is -2.30. The minimum atomic E-state index is -3.65. The van der Waals surface area contributed by atoms with Crippen molar-refractivity contribution in [3.8, 4) is 5.75 Å². The minimum absolute atomic E-state index is 0.0157. The number of anilines is 1. The summed E-state index contributed by atoms with van der Waals surface area (Å²) in [5, 5.41) is 2.55. The molecule has 0 aliphatic rings. The zero-order valence-corrected chi connectivity index (χ0v) is 18.9. The molecule has 0 fully saturated rings. The Labute approximate surface area is 183 Å². The molecule has 0 aliphatic carbocycles. The second-order valence-electron chi connectivity index (χ2n) is 6.93. The monoisotopic (exact) mass is 448 g/mol. The smallest absolute Gasteiger partial charge is 0.338 e. The Hall–Kier alpha value is -2.91. The molecule has 2 aromatic carbocycles. The van der Waals surface area contributed by atoms with Gasteiger partial charge in [-0.1, -0.05) is 19.9 Å². The highest BCUT2D eigenvalue weighted by Gasteiger charge is 2.22. The van der Waals surface area contributed by atoms with Crippen molar-refractivity contribution in [1.29, 1.82) is 0 Å². The SMILES string of the molecule is CCN(CC)S(=O)(=O)c1cccc(NC(=O)COC(=O)c2ccc(OC(C)C)cc2)c1.